The zero-order chi connectivity index (χ0) is 16.1. The molecule has 0 aliphatic rings. The smallest absolute Gasteiger partial charge is 0.417 e. The first-order valence-corrected chi connectivity index (χ1v) is 7.10. The molecule has 0 fully saturated rings. The number of pyridine rings is 1. The summed E-state index contributed by atoms with van der Waals surface area (Å²) in [6.07, 6.45) is -0.579. The fraction of sp³-hybridized carbons (Fsp3) is 0.294. The minimum atomic E-state index is -0.579. The quantitative estimate of drug-likeness (QED) is 0.922. The van der Waals surface area contributed by atoms with Gasteiger partial charge in [0.15, 0.2) is 0 Å². The molecule has 1 amide bonds. The predicted molar refractivity (Wildman–Crippen MR) is 85.7 cm³/mol. The lowest BCUT2D eigenvalue weighted by atomic mass is 10.0. The van der Waals surface area contributed by atoms with E-state index in [1.54, 1.807) is 24.3 Å². The van der Waals surface area contributed by atoms with Gasteiger partial charge in [0.2, 0.25) is 5.88 Å². The molecule has 1 aromatic carbocycles. The number of ether oxygens (including phenoxy) is 2. The monoisotopic (exact) mass is 300 g/mol. The van der Waals surface area contributed by atoms with Crippen LogP contribution in [0.15, 0.2) is 36.4 Å². The molecule has 2 aromatic rings. The Balaban J connectivity index is 2.20. The third kappa shape index (κ3) is 3.75. The van der Waals surface area contributed by atoms with E-state index < -0.39 is 6.09 Å². The molecule has 0 bridgehead atoms. The molecule has 5 heteroatoms. The van der Waals surface area contributed by atoms with Crippen LogP contribution in [0.4, 0.5) is 10.5 Å². The zero-order valence-corrected chi connectivity index (χ0v) is 13.2. The highest BCUT2D eigenvalue weighted by Crippen LogP contribution is 2.29. The molecular weight excluding hydrogens is 280 g/mol. The summed E-state index contributed by atoms with van der Waals surface area (Å²) in [6.45, 7) is 6.06. The lowest BCUT2D eigenvalue weighted by Crippen LogP contribution is -2.18. The van der Waals surface area contributed by atoms with E-state index in [0.29, 0.717) is 23.2 Å². The third-order valence-corrected chi connectivity index (χ3v) is 3.22. The summed E-state index contributed by atoms with van der Waals surface area (Å²) in [5.74, 6) is 1.14. The molecule has 0 radical (unpaired) electrons. The molecule has 5 nitrogen and oxygen atoms in total. The Hall–Kier alpha value is -2.56. The average molecular weight is 300 g/mol. The Morgan fingerprint density at radius 1 is 1.23 bits per heavy atom. The summed E-state index contributed by atoms with van der Waals surface area (Å²) in [7, 11) is 1.52. The molecule has 0 spiro atoms. The minimum absolute atomic E-state index is 0.295. The Bertz CT molecular complexity index is 654. The first-order chi connectivity index (χ1) is 10.5. The maximum atomic E-state index is 12.0. The van der Waals surface area contributed by atoms with Gasteiger partial charge in [0.05, 0.1) is 7.11 Å². The summed E-state index contributed by atoms with van der Waals surface area (Å²) in [4.78, 5) is 16.4. The van der Waals surface area contributed by atoms with Gasteiger partial charge in [-0.25, -0.2) is 9.78 Å². The highest BCUT2D eigenvalue weighted by atomic mass is 16.6. The van der Waals surface area contributed by atoms with E-state index in [4.69, 9.17) is 9.47 Å². The second-order valence-electron chi connectivity index (χ2n) is 5.20. The predicted octanol–water partition coefficient (Wildman–Crippen LogP) is 4.13. The van der Waals surface area contributed by atoms with Crippen molar-refractivity contribution in [2.75, 3.05) is 12.4 Å². The number of benzene rings is 1. The number of methoxy groups -OCH3 is 1. The first-order valence-electron chi connectivity index (χ1n) is 7.10. The van der Waals surface area contributed by atoms with Gasteiger partial charge in [0.25, 0.3) is 0 Å². The van der Waals surface area contributed by atoms with Crippen LogP contribution in [0.5, 0.6) is 11.6 Å². The van der Waals surface area contributed by atoms with E-state index in [0.717, 1.165) is 11.3 Å². The lowest BCUT2D eigenvalue weighted by molar-refractivity contribution is 0.215. The summed E-state index contributed by atoms with van der Waals surface area (Å²) in [5.41, 5.74) is 2.43. The number of carbonyl (C=O) groups excluding carboxylic acids is 1. The topological polar surface area (TPSA) is 60.5 Å². The van der Waals surface area contributed by atoms with Crippen LogP contribution >= 0.6 is 0 Å². The van der Waals surface area contributed by atoms with Crippen molar-refractivity contribution in [3.63, 3.8) is 0 Å². The third-order valence-electron chi connectivity index (χ3n) is 3.22. The molecule has 1 N–H and O–H groups in total. The van der Waals surface area contributed by atoms with Crippen LogP contribution in [0.3, 0.4) is 0 Å². The summed E-state index contributed by atoms with van der Waals surface area (Å²) in [5, 5.41) is 2.68. The highest BCUT2D eigenvalue weighted by Gasteiger charge is 2.15. The fourth-order valence-electron chi connectivity index (χ4n) is 2.16. The molecular formula is C17H20N2O3. The van der Waals surface area contributed by atoms with Crippen LogP contribution < -0.4 is 14.8 Å². The number of hydrogen-bond donors (Lipinski definition) is 1. The molecule has 0 saturated heterocycles. The number of hydrogen-bond acceptors (Lipinski definition) is 4. The molecule has 0 unspecified atom stereocenters. The van der Waals surface area contributed by atoms with Crippen molar-refractivity contribution in [1.29, 1.82) is 0 Å². The van der Waals surface area contributed by atoms with Gasteiger partial charge in [-0.2, -0.15) is 0 Å². The molecule has 1 aromatic heterocycles. The number of aromatic nitrogens is 1. The number of para-hydroxylation sites is 1. The van der Waals surface area contributed by atoms with Crippen LogP contribution in [0, 0.1) is 6.92 Å². The highest BCUT2D eigenvalue weighted by molar-refractivity contribution is 5.88. The first kappa shape index (κ1) is 15.8. The van der Waals surface area contributed by atoms with Crippen LogP contribution in [0.25, 0.3) is 0 Å². The van der Waals surface area contributed by atoms with E-state index in [2.05, 4.69) is 24.1 Å². The molecule has 0 atom stereocenters. The van der Waals surface area contributed by atoms with Gasteiger partial charge in [-0.15, -0.1) is 0 Å². The number of aryl methyl sites for hydroxylation is 1. The number of carbonyl (C=O) groups is 1. The van der Waals surface area contributed by atoms with Gasteiger partial charge < -0.3 is 9.47 Å². The largest absolute Gasteiger partial charge is 0.480 e. The van der Waals surface area contributed by atoms with Crippen LogP contribution in [-0.4, -0.2) is 18.2 Å². The van der Waals surface area contributed by atoms with Gasteiger partial charge in [-0.3, -0.25) is 5.32 Å². The summed E-state index contributed by atoms with van der Waals surface area (Å²) in [6, 6.07) is 10.7. The Labute approximate surface area is 130 Å². The SMILES string of the molecule is COc1nc(C)c(C(C)C)cc1NC(=O)Oc1ccccc1. The van der Waals surface area contributed by atoms with Gasteiger partial charge in [-0.05, 0) is 36.6 Å². The molecule has 116 valence electrons. The maximum Gasteiger partial charge on any atom is 0.417 e. The number of amides is 1. The van der Waals surface area contributed by atoms with Gasteiger partial charge in [-0.1, -0.05) is 32.0 Å². The number of nitrogens with zero attached hydrogens (tertiary/aromatic N) is 1. The van der Waals surface area contributed by atoms with E-state index in [9.17, 15) is 4.79 Å². The fourth-order valence-corrected chi connectivity index (χ4v) is 2.16. The Kier molecular flexibility index (Phi) is 4.99. The number of rotatable bonds is 4. The molecule has 0 saturated carbocycles. The van der Waals surface area contributed by atoms with Crippen molar-refractivity contribution >= 4 is 11.8 Å². The Morgan fingerprint density at radius 2 is 1.91 bits per heavy atom. The normalized spacial score (nSPS) is 10.4. The lowest BCUT2D eigenvalue weighted by Gasteiger charge is -2.15. The average Bonchev–Trinajstić information content (AvgIpc) is 2.49. The molecule has 0 aliphatic carbocycles. The second-order valence-corrected chi connectivity index (χ2v) is 5.20. The van der Waals surface area contributed by atoms with Gasteiger partial charge >= 0.3 is 6.09 Å². The van der Waals surface area contributed by atoms with Crippen molar-refractivity contribution in [3.05, 3.63) is 47.7 Å². The van der Waals surface area contributed by atoms with Crippen LogP contribution in [0.2, 0.25) is 0 Å². The van der Waals surface area contributed by atoms with Crippen molar-refractivity contribution in [3.8, 4) is 11.6 Å². The maximum absolute atomic E-state index is 12.0. The number of anilines is 1. The van der Waals surface area contributed by atoms with E-state index in [1.165, 1.54) is 7.11 Å². The van der Waals surface area contributed by atoms with Crippen molar-refractivity contribution in [2.45, 2.75) is 26.7 Å². The van der Waals surface area contributed by atoms with E-state index >= 15 is 0 Å². The molecule has 2 rings (SSSR count). The van der Waals surface area contributed by atoms with E-state index in [1.807, 2.05) is 19.1 Å². The Morgan fingerprint density at radius 3 is 2.50 bits per heavy atom. The van der Waals surface area contributed by atoms with Crippen LogP contribution in [0.1, 0.15) is 31.0 Å². The van der Waals surface area contributed by atoms with E-state index in [-0.39, 0.29) is 0 Å². The van der Waals surface area contributed by atoms with Gasteiger partial charge in [0, 0.05) is 5.69 Å². The molecule has 1 heterocycles. The zero-order valence-electron chi connectivity index (χ0n) is 13.2. The van der Waals surface area contributed by atoms with Gasteiger partial charge in [0.1, 0.15) is 11.4 Å². The second kappa shape index (κ2) is 6.93. The standard InChI is InChI=1S/C17H20N2O3/c1-11(2)14-10-15(16(21-4)18-12(14)3)19-17(20)22-13-8-6-5-7-9-13/h5-11H,1-4H3,(H,19,20). The van der Waals surface area contributed by atoms with Crippen LogP contribution in [-0.2, 0) is 0 Å². The van der Waals surface area contributed by atoms with Crippen molar-refractivity contribution in [1.82, 2.24) is 4.98 Å². The molecule has 0 aliphatic heterocycles. The summed E-state index contributed by atoms with van der Waals surface area (Å²) < 4.78 is 10.4. The number of nitrogens with one attached hydrogen (secondary N) is 1. The van der Waals surface area contributed by atoms with Crippen molar-refractivity contribution < 1.29 is 14.3 Å². The van der Waals surface area contributed by atoms with Crippen molar-refractivity contribution in [2.24, 2.45) is 0 Å². The minimum Gasteiger partial charge on any atom is -0.480 e. The molecule has 22 heavy (non-hydrogen) atoms. The summed E-state index contributed by atoms with van der Waals surface area (Å²) >= 11 is 0.